The lowest BCUT2D eigenvalue weighted by atomic mass is 10.2. The summed E-state index contributed by atoms with van der Waals surface area (Å²) < 4.78 is 36.0. The molecule has 0 aliphatic carbocycles. The number of rotatable bonds is 9. The number of thioether (sulfide) groups is 1. The van der Waals surface area contributed by atoms with Gasteiger partial charge in [0.15, 0.2) is 16.7 Å². The van der Waals surface area contributed by atoms with E-state index in [2.05, 4.69) is 17.2 Å². The highest BCUT2D eigenvalue weighted by atomic mass is 32.2. The van der Waals surface area contributed by atoms with Crippen LogP contribution in [0, 0.1) is 0 Å². The van der Waals surface area contributed by atoms with E-state index in [-0.39, 0.29) is 23.3 Å². The Morgan fingerprint density at radius 1 is 1.22 bits per heavy atom. The smallest absolute Gasteiger partial charge is 0.238 e. The van der Waals surface area contributed by atoms with Crippen LogP contribution in [0.2, 0.25) is 0 Å². The number of sulfonamides is 1. The number of imidazole rings is 1. The summed E-state index contributed by atoms with van der Waals surface area (Å²) in [6, 6.07) is 10.2. The van der Waals surface area contributed by atoms with Gasteiger partial charge in [0, 0.05) is 13.1 Å². The highest BCUT2D eigenvalue weighted by molar-refractivity contribution is 7.99. The fourth-order valence-electron chi connectivity index (χ4n) is 3.34. The highest BCUT2D eigenvalue weighted by Gasteiger charge is 2.17. The van der Waals surface area contributed by atoms with Crippen molar-refractivity contribution in [3.8, 4) is 11.5 Å². The van der Waals surface area contributed by atoms with Gasteiger partial charge >= 0.3 is 0 Å². The Balaban J connectivity index is 1.44. The van der Waals surface area contributed by atoms with Crippen LogP contribution in [0.1, 0.15) is 25.3 Å². The molecular weight excluding hydrogens is 452 g/mol. The molecule has 11 heteroatoms. The van der Waals surface area contributed by atoms with Crippen LogP contribution in [-0.2, 0) is 27.9 Å². The van der Waals surface area contributed by atoms with Crippen LogP contribution in [0.15, 0.2) is 46.5 Å². The van der Waals surface area contributed by atoms with E-state index in [1.54, 1.807) is 6.07 Å². The van der Waals surface area contributed by atoms with Crippen molar-refractivity contribution in [1.82, 2.24) is 14.9 Å². The number of nitrogens with one attached hydrogen (secondary N) is 1. The van der Waals surface area contributed by atoms with Crippen LogP contribution in [0.25, 0.3) is 11.0 Å². The second kappa shape index (κ2) is 9.39. The monoisotopic (exact) mass is 476 g/mol. The molecular formula is C21H24N4O5S2. The number of benzene rings is 2. The average molecular weight is 477 g/mol. The van der Waals surface area contributed by atoms with Crippen molar-refractivity contribution in [3.63, 3.8) is 0 Å². The van der Waals surface area contributed by atoms with Gasteiger partial charge in [0.2, 0.25) is 22.7 Å². The van der Waals surface area contributed by atoms with E-state index in [9.17, 15) is 13.2 Å². The number of aromatic nitrogens is 2. The van der Waals surface area contributed by atoms with Crippen LogP contribution in [0.4, 0.5) is 0 Å². The minimum Gasteiger partial charge on any atom is -0.454 e. The molecule has 3 N–H and O–H groups in total. The van der Waals surface area contributed by atoms with Gasteiger partial charge in [0.1, 0.15) is 0 Å². The molecule has 0 saturated carbocycles. The van der Waals surface area contributed by atoms with Crippen LogP contribution >= 0.6 is 11.8 Å². The number of nitrogens with two attached hydrogens (primary N) is 1. The fourth-order valence-corrected chi connectivity index (χ4v) is 4.74. The van der Waals surface area contributed by atoms with Crippen molar-refractivity contribution in [3.05, 3.63) is 42.0 Å². The molecule has 1 amide bonds. The molecule has 0 unspecified atom stereocenters. The van der Waals surface area contributed by atoms with Crippen LogP contribution in [-0.4, -0.2) is 36.4 Å². The molecule has 3 aromatic rings. The molecule has 32 heavy (non-hydrogen) atoms. The normalized spacial score (nSPS) is 12.9. The van der Waals surface area contributed by atoms with Crippen LogP contribution in [0.5, 0.6) is 11.5 Å². The predicted molar refractivity (Wildman–Crippen MR) is 121 cm³/mol. The molecule has 170 valence electrons. The van der Waals surface area contributed by atoms with Gasteiger partial charge < -0.3 is 19.4 Å². The number of hydrogen-bond donors (Lipinski definition) is 2. The maximum Gasteiger partial charge on any atom is 0.238 e. The van der Waals surface area contributed by atoms with Crippen molar-refractivity contribution in [2.45, 2.75) is 42.9 Å². The third-order valence-corrected chi connectivity index (χ3v) is 6.89. The number of aryl methyl sites for hydroxylation is 1. The standard InChI is InChI=1S/C21H24N4O5S2/c1-2-3-8-25-17-6-5-15(32(22,27)28)10-16(17)24-21(25)31-12-20(26)23-11-14-4-7-18-19(9-14)30-13-29-18/h4-7,9-10H,2-3,8,11-13H2,1H3,(H,23,26)(H2,22,27,28). The van der Waals surface area contributed by atoms with E-state index in [4.69, 9.17) is 14.6 Å². The van der Waals surface area contributed by atoms with E-state index in [1.165, 1.54) is 23.9 Å². The first-order valence-electron chi connectivity index (χ1n) is 10.2. The fraction of sp³-hybridized carbons (Fsp3) is 0.333. The number of ether oxygens (including phenoxy) is 2. The van der Waals surface area contributed by atoms with Crippen molar-refractivity contribution >= 4 is 38.7 Å². The van der Waals surface area contributed by atoms with E-state index < -0.39 is 10.0 Å². The Labute approximate surface area is 190 Å². The minimum atomic E-state index is -3.82. The molecule has 1 aliphatic rings. The number of carbonyl (C=O) groups excluding carboxylic acids is 1. The van der Waals surface area contributed by atoms with Crippen molar-refractivity contribution in [2.75, 3.05) is 12.5 Å². The lowest BCUT2D eigenvalue weighted by Gasteiger charge is -2.09. The molecule has 1 aromatic heterocycles. The van der Waals surface area contributed by atoms with Gasteiger partial charge in [-0.05, 0) is 42.3 Å². The SMILES string of the molecule is CCCCn1c(SCC(=O)NCc2ccc3c(c2)OCO3)nc2cc(S(N)(=O)=O)ccc21. The summed E-state index contributed by atoms with van der Waals surface area (Å²) in [6.07, 6.45) is 1.93. The Bertz CT molecular complexity index is 1260. The van der Waals surface area contributed by atoms with Crippen molar-refractivity contribution < 1.29 is 22.7 Å². The molecule has 0 atom stereocenters. The summed E-state index contributed by atoms with van der Waals surface area (Å²) in [6.45, 7) is 3.40. The van der Waals surface area contributed by atoms with E-state index >= 15 is 0 Å². The lowest BCUT2D eigenvalue weighted by molar-refractivity contribution is -0.118. The molecule has 0 radical (unpaired) electrons. The van der Waals surface area contributed by atoms with Crippen molar-refractivity contribution in [1.29, 1.82) is 0 Å². The zero-order chi connectivity index (χ0) is 22.7. The van der Waals surface area contributed by atoms with E-state index in [1.807, 2.05) is 22.8 Å². The van der Waals surface area contributed by atoms with Gasteiger partial charge in [-0.25, -0.2) is 18.5 Å². The number of carbonyl (C=O) groups is 1. The Morgan fingerprint density at radius 2 is 2.03 bits per heavy atom. The average Bonchev–Trinajstić information content (AvgIpc) is 3.37. The van der Waals surface area contributed by atoms with Gasteiger partial charge in [-0.15, -0.1) is 0 Å². The first-order chi connectivity index (χ1) is 15.3. The molecule has 4 rings (SSSR count). The first kappa shape index (κ1) is 22.4. The maximum atomic E-state index is 12.4. The zero-order valence-corrected chi connectivity index (χ0v) is 19.2. The third kappa shape index (κ3) is 5.00. The molecule has 0 fully saturated rings. The number of fused-ring (bicyclic) bond motifs is 2. The number of hydrogen-bond acceptors (Lipinski definition) is 7. The number of unbranched alkanes of at least 4 members (excludes halogenated alkanes) is 1. The summed E-state index contributed by atoms with van der Waals surface area (Å²) in [5.74, 6) is 1.43. The minimum absolute atomic E-state index is 0.0168. The van der Waals surface area contributed by atoms with Gasteiger partial charge in [-0.2, -0.15) is 0 Å². The lowest BCUT2D eigenvalue weighted by Crippen LogP contribution is -2.24. The van der Waals surface area contributed by atoms with Gasteiger partial charge in [-0.3, -0.25) is 4.79 Å². The molecule has 0 saturated heterocycles. The predicted octanol–water partition coefficient (Wildman–Crippen LogP) is 2.62. The third-order valence-electron chi connectivity index (χ3n) is 5.01. The summed E-state index contributed by atoms with van der Waals surface area (Å²) in [5, 5.41) is 8.81. The molecule has 2 heterocycles. The first-order valence-corrected chi connectivity index (χ1v) is 12.7. The largest absolute Gasteiger partial charge is 0.454 e. The Hall–Kier alpha value is -2.76. The number of amides is 1. The second-order valence-corrected chi connectivity index (χ2v) is 9.85. The van der Waals surface area contributed by atoms with Gasteiger partial charge in [-0.1, -0.05) is 31.2 Å². The van der Waals surface area contributed by atoms with Crippen LogP contribution < -0.4 is 19.9 Å². The maximum absolute atomic E-state index is 12.4. The number of primary sulfonamides is 1. The quantitative estimate of drug-likeness (QED) is 0.455. The second-order valence-electron chi connectivity index (χ2n) is 7.35. The molecule has 2 aromatic carbocycles. The molecule has 0 bridgehead atoms. The molecule has 1 aliphatic heterocycles. The molecule has 9 nitrogen and oxygen atoms in total. The Kier molecular flexibility index (Phi) is 6.58. The van der Waals surface area contributed by atoms with Gasteiger partial charge in [0.05, 0.1) is 21.7 Å². The van der Waals surface area contributed by atoms with Gasteiger partial charge in [0.25, 0.3) is 0 Å². The van der Waals surface area contributed by atoms with Crippen LogP contribution in [0.3, 0.4) is 0 Å². The summed E-state index contributed by atoms with van der Waals surface area (Å²) >= 11 is 1.31. The van der Waals surface area contributed by atoms with E-state index in [0.717, 1.165) is 30.5 Å². The van der Waals surface area contributed by atoms with Crippen molar-refractivity contribution in [2.24, 2.45) is 5.14 Å². The Morgan fingerprint density at radius 3 is 2.81 bits per heavy atom. The summed E-state index contributed by atoms with van der Waals surface area (Å²) in [4.78, 5) is 17.0. The summed E-state index contributed by atoms with van der Waals surface area (Å²) in [7, 11) is -3.82. The topological polar surface area (TPSA) is 126 Å². The highest BCUT2D eigenvalue weighted by Crippen LogP contribution is 2.32. The zero-order valence-electron chi connectivity index (χ0n) is 17.5. The summed E-state index contributed by atoms with van der Waals surface area (Å²) in [5.41, 5.74) is 2.27. The number of nitrogens with zero attached hydrogens (tertiary/aromatic N) is 2. The van der Waals surface area contributed by atoms with E-state index in [0.29, 0.717) is 28.7 Å². The molecule has 0 spiro atoms.